The summed E-state index contributed by atoms with van der Waals surface area (Å²) in [4.78, 5) is 11.4. The highest BCUT2D eigenvalue weighted by Gasteiger charge is 2.35. The van der Waals surface area contributed by atoms with Crippen LogP contribution in [0.3, 0.4) is 0 Å². The van der Waals surface area contributed by atoms with Crippen molar-refractivity contribution in [3.05, 3.63) is 29.8 Å². The molecular formula is C15H17F3O4. The van der Waals surface area contributed by atoms with Crippen LogP contribution in [-0.2, 0) is 15.7 Å². The molecule has 4 nitrogen and oxygen atoms in total. The van der Waals surface area contributed by atoms with Crippen molar-refractivity contribution < 1.29 is 32.5 Å². The first-order chi connectivity index (χ1) is 10.4. The van der Waals surface area contributed by atoms with Crippen LogP contribution in [0.25, 0.3) is 0 Å². The van der Waals surface area contributed by atoms with Crippen molar-refractivity contribution in [2.45, 2.75) is 19.0 Å². The second-order valence-electron chi connectivity index (χ2n) is 5.20. The topological polar surface area (TPSA) is 55.8 Å². The van der Waals surface area contributed by atoms with Gasteiger partial charge in [0.1, 0.15) is 12.4 Å². The van der Waals surface area contributed by atoms with Crippen molar-refractivity contribution in [3.8, 4) is 5.75 Å². The lowest BCUT2D eigenvalue weighted by molar-refractivity contribution is -0.146. The first-order valence-corrected chi connectivity index (χ1v) is 6.99. The second-order valence-corrected chi connectivity index (χ2v) is 5.20. The van der Waals surface area contributed by atoms with Crippen molar-refractivity contribution in [1.82, 2.24) is 0 Å². The molecule has 0 aliphatic carbocycles. The van der Waals surface area contributed by atoms with E-state index in [1.165, 1.54) is 18.2 Å². The van der Waals surface area contributed by atoms with Crippen molar-refractivity contribution in [2.24, 2.45) is 11.8 Å². The van der Waals surface area contributed by atoms with Crippen LogP contribution in [0, 0.1) is 11.8 Å². The monoisotopic (exact) mass is 318 g/mol. The fraction of sp³-hybridized carbons (Fsp3) is 0.533. The molecule has 0 amide bonds. The molecule has 1 aromatic carbocycles. The maximum Gasteiger partial charge on any atom is 0.419 e. The predicted molar refractivity (Wildman–Crippen MR) is 71.6 cm³/mol. The summed E-state index contributed by atoms with van der Waals surface area (Å²) in [5, 5.41) is 9.29. The predicted octanol–water partition coefficient (Wildman–Crippen LogP) is 3.21. The molecule has 0 radical (unpaired) electrons. The number of para-hydroxylation sites is 1. The minimum Gasteiger partial charge on any atom is -0.492 e. The Kier molecular flexibility index (Phi) is 5.28. The van der Waals surface area contributed by atoms with Gasteiger partial charge in [0, 0.05) is 13.2 Å². The fourth-order valence-corrected chi connectivity index (χ4v) is 2.53. The molecule has 1 fully saturated rings. The first-order valence-electron chi connectivity index (χ1n) is 6.99. The van der Waals surface area contributed by atoms with E-state index in [0.717, 1.165) is 6.07 Å². The number of carbonyl (C=O) groups is 1. The Morgan fingerprint density at radius 3 is 2.55 bits per heavy atom. The average Bonchev–Trinajstić information content (AvgIpc) is 2.47. The largest absolute Gasteiger partial charge is 0.492 e. The Morgan fingerprint density at radius 2 is 1.95 bits per heavy atom. The summed E-state index contributed by atoms with van der Waals surface area (Å²) in [6.45, 7) is 0.647. The molecule has 1 aromatic rings. The first kappa shape index (κ1) is 16.6. The number of halogens is 3. The molecule has 1 aliphatic rings. The van der Waals surface area contributed by atoms with E-state index < -0.39 is 23.6 Å². The summed E-state index contributed by atoms with van der Waals surface area (Å²) in [7, 11) is 0. The van der Waals surface area contributed by atoms with Crippen molar-refractivity contribution in [1.29, 1.82) is 0 Å². The summed E-state index contributed by atoms with van der Waals surface area (Å²) in [5.74, 6) is -2.39. The summed E-state index contributed by atoms with van der Waals surface area (Å²) in [6.07, 6.45) is -3.39. The third kappa shape index (κ3) is 4.13. The van der Waals surface area contributed by atoms with Crippen LogP contribution in [0.4, 0.5) is 13.2 Å². The SMILES string of the molecule is O=C(O)C(COc1ccccc1C(F)(F)F)C1CCOCC1. The van der Waals surface area contributed by atoms with Crippen molar-refractivity contribution in [3.63, 3.8) is 0 Å². The molecular weight excluding hydrogens is 301 g/mol. The Balaban J connectivity index is 2.08. The minimum absolute atomic E-state index is 0.149. The van der Waals surface area contributed by atoms with E-state index in [1.807, 2.05) is 0 Å². The maximum absolute atomic E-state index is 12.9. The number of aliphatic carboxylic acids is 1. The van der Waals surface area contributed by atoms with Crippen LogP contribution >= 0.6 is 0 Å². The molecule has 122 valence electrons. The van der Waals surface area contributed by atoms with Gasteiger partial charge in [0.25, 0.3) is 0 Å². The van der Waals surface area contributed by atoms with Gasteiger partial charge in [-0.2, -0.15) is 13.2 Å². The number of rotatable bonds is 5. The van der Waals surface area contributed by atoms with E-state index in [2.05, 4.69) is 0 Å². The van der Waals surface area contributed by atoms with E-state index in [1.54, 1.807) is 0 Å². The molecule has 7 heteroatoms. The quantitative estimate of drug-likeness (QED) is 0.906. The minimum atomic E-state index is -4.53. The molecule has 0 aromatic heterocycles. The van der Waals surface area contributed by atoms with Gasteiger partial charge in [-0.15, -0.1) is 0 Å². The van der Waals surface area contributed by atoms with Gasteiger partial charge < -0.3 is 14.6 Å². The lowest BCUT2D eigenvalue weighted by atomic mass is 9.86. The summed E-state index contributed by atoms with van der Waals surface area (Å²) in [5.41, 5.74) is -0.897. The van der Waals surface area contributed by atoms with E-state index in [4.69, 9.17) is 9.47 Å². The van der Waals surface area contributed by atoms with Crippen LogP contribution in [0.15, 0.2) is 24.3 Å². The van der Waals surface area contributed by atoms with E-state index >= 15 is 0 Å². The molecule has 1 unspecified atom stereocenters. The number of alkyl halides is 3. The van der Waals surface area contributed by atoms with Gasteiger partial charge in [-0.05, 0) is 30.9 Å². The van der Waals surface area contributed by atoms with Gasteiger partial charge in [0.2, 0.25) is 0 Å². The zero-order valence-electron chi connectivity index (χ0n) is 11.8. The average molecular weight is 318 g/mol. The fourth-order valence-electron chi connectivity index (χ4n) is 2.53. The van der Waals surface area contributed by atoms with E-state index in [-0.39, 0.29) is 18.3 Å². The second kappa shape index (κ2) is 7.00. The molecule has 0 saturated carbocycles. The Hall–Kier alpha value is -1.76. The van der Waals surface area contributed by atoms with Gasteiger partial charge in [0.05, 0.1) is 11.5 Å². The Bertz CT molecular complexity index is 510. The van der Waals surface area contributed by atoms with E-state index in [0.29, 0.717) is 26.1 Å². The number of carboxylic acids is 1. The molecule has 0 spiro atoms. The van der Waals surface area contributed by atoms with Crippen LogP contribution in [0.2, 0.25) is 0 Å². The number of carboxylic acid groups (broad SMARTS) is 1. The van der Waals surface area contributed by atoms with Gasteiger partial charge >= 0.3 is 12.1 Å². The van der Waals surface area contributed by atoms with Crippen molar-refractivity contribution >= 4 is 5.97 Å². The van der Waals surface area contributed by atoms with Gasteiger partial charge in [-0.3, -0.25) is 4.79 Å². The normalized spacial score (nSPS) is 18.0. The molecule has 1 saturated heterocycles. The van der Waals surface area contributed by atoms with E-state index in [9.17, 15) is 23.1 Å². The molecule has 22 heavy (non-hydrogen) atoms. The standard InChI is InChI=1S/C15H17F3O4/c16-15(17,18)12-3-1-2-4-13(12)22-9-11(14(19)20)10-5-7-21-8-6-10/h1-4,10-11H,5-9H2,(H,19,20). The Labute approximate surface area is 125 Å². The molecule has 1 aliphatic heterocycles. The summed E-state index contributed by atoms with van der Waals surface area (Å²) in [6, 6.07) is 4.81. The molecule has 0 bridgehead atoms. The maximum atomic E-state index is 12.9. The summed E-state index contributed by atoms with van der Waals surface area (Å²) >= 11 is 0. The number of hydrogen-bond donors (Lipinski definition) is 1. The Morgan fingerprint density at radius 1 is 1.32 bits per heavy atom. The lowest BCUT2D eigenvalue weighted by Gasteiger charge is -2.27. The van der Waals surface area contributed by atoms with Gasteiger partial charge in [0.15, 0.2) is 0 Å². The smallest absolute Gasteiger partial charge is 0.419 e. The number of hydrogen-bond acceptors (Lipinski definition) is 3. The van der Waals surface area contributed by atoms with Crippen LogP contribution in [0.1, 0.15) is 18.4 Å². The number of ether oxygens (including phenoxy) is 2. The third-order valence-electron chi connectivity index (χ3n) is 3.76. The molecule has 1 N–H and O–H groups in total. The molecule has 2 rings (SSSR count). The zero-order chi connectivity index (χ0) is 16.2. The number of benzene rings is 1. The highest BCUT2D eigenvalue weighted by atomic mass is 19.4. The highest BCUT2D eigenvalue weighted by molar-refractivity contribution is 5.70. The highest BCUT2D eigenvalue weighted by Crippen LogP contribution is 2.36. The van der Waals surface area contributed by atoms with Gasteiger partial charge in [-0.1, -0.05) is 12.1 Å². The van der Waals surface area contributed by atoms with Crippen LogP contribution in [0.5, 0.6) is 5.75 Å². The van der Waals surface area contributed by atoms with Gasteiger partial charge in [-0.25, -0.2) is 0 Å². The zero-order valence-corrected chi connectivity index (χ0v) is 11.8. The molecule has 1 heterocycles. The van der Waals surface area contributed by atoms with Crippen LogP contribution in [-0.4, -0.2) is 30.9 Å². The molecule has 1 atom stereocenters. The lowest BCUT2D eigenvalue weighted by Crippen LogP contribution is -2.33. The summed E-state index contributed by atoms with van der Waals surface area (Å²) < 4.78 is 49.0. The third-order valence-corrected chi connectivity index (χ3v) is 3.76. The van der Waals surface area contributed by atoms with Crippen LogP contribution < -0.4 is 4.74 Å². The van der Waals surface area contributed by atoms with Crippen molar-refractivity contribution in [2.75, 3.05) is 19.8 Å².